The Bertz CT molecular complexity index is 372. The van der Waals surface area contributed by atoms with Crippen LogP contribution < -0.4 is 5.32 Å². The molecule has 1 aliphatic rings. The lowest BCUT2D eigenvalue weighted by Crippen LogP contribution is -2.64. The van der Waals surface area contributed by atoms with E-state index >= 15 is 0 Å². The van der Waals surface area contributed by atoms with Crippen LogP contribution in [0.3, 0.4) is 0 Å². The van der Waals surface area contributed by atoms with Crippen molar-refractivity contribution in [2.45, 2.75) is 44.3 Å². The number of aliphatic hydroxyl groups excluding tert-OH is 1. The molecular weight excluding hydrogens is 258 g/mol. The van der Waals surface area contributed by atoms with Crippen molar-refractivity contribution >= 4 is 18.2 Å². The molecule has 1 aliphatic heterocycles. The first-order valence-corrected chi connectivity index (χ1v) is 5.82. The molecule has 4 atom stereocenters. The second-order valence-corrected chi connectivity index (χ2v) is 4.21. The standard InChI is InChI=1S/C11H17NO7/c1-3-18-11(10(16)17)4-7(15)9(12-6(2)14)8(5-13)19-11/h5,7-9,15H,3-4H2,1-2H3,(H,12,14)(H,16,17). The van der Waals surface area contributed by atoms with Crippen molar-refractivity contribution in [3.63, 3.8) is 0 Å². The summed E-state index contributed by atoms with van der Waals surface area (Å²) in [7, 11) is 0. The van der Waals surface area contributed by atoms with E-state index < -0.39 is 35.9 Å². The molecule has 1 fully saturated rings. The Labute approximate surface area is 109 Å². The van der Waals surface area contributed by atoms with E-state index in [-0.39, 0.29) is 13.0 Å². The van der Waals surface area contributed by atoms with Crippen molar-refractivity contribution in [3.8, 4) is 0 Å². The van der Waals surface area contributed by atoms with Crippen LogP contribution in [0.15, 0.2) is 0 Å². The molecule has 0 spiro atoms. The molecule has 1 saturated heterocycles. The van der Waals surface area contributed by atoms with E-state index in [1.165, 1.54) is 6.92 Å². The van der Waals surface area contributed by atoms with Crippen LogP contribution in [-0.2, 0) is 23.9 Å². The van der Waals surface area contributed by atoms with Crippen LogP contribution in [0.25, 0.3) is 0 Å². The molecule has 19 heavy (non-hydrogen) atoms. The van der Waals surface area contributed by atoms with Crippen LogP contribution in [-0.4, -0.2) is 59.0 Å². The second kappa shape index (κ2) is 6.09. The molecule has 0 bridgehead atoms. The van der Waals surface area contributed by atoms with Gasteiger partial charge >= 0.3 is 5.97 Å². The zero-order valence-corrected chi connectivity index (χ0v) is 10.7. The number of carboxylic acid groups (broad SMARTS) is 1. The third-order valence-electron chi connectivity index (χ3n) is 2.78. The van der Waals surface area contributed by atoms with Gasteiger partial charge in [0.2, 0.25) is 5.91 Å². The summed E-state index contributed by atoms with van der Waals surface area (Å²) < 4.78 is 10.2. The minimum absolute atomic E-state index is 0.0371. The van der Waals surface area contributed by atoms with Gasteiger partial charge < -0.3 is 29.8 Å². The van der Waals surface area contributed by atoms with E-state index in [2.05, 4.69) is 5.32 Å². The highest BCUT2D eigenvalue weighted by molar-refractivity contribution is 5.78. The van der Waals surface area contributed by atoms with Crippen molar-refractivity contribution in [3.05, 3.63) is 0 Å². The highest BCUT2D eigenvalue weighted by atomic mass is 16.7. The zero-order valence-electron chi connectivity index (χ0n) is 10.7. The smallest absolute Gasteiger partial charge is 0.364 e. The fourth-order valence-corrected chi connectivity index (χ4v) is 2.01. The highest BCUT2D eigenvalue weighted by Gasteiger charge is 2.53. The van der Waals surface area contributed by atoms with Crippen LogP contribution >= 0.6 is 0 Å². The fraction of sp³-hybridized carbons (Fsp3) is 0.727. The molecule has 8 nitrogen and oxygen atoms in total. The zero-order chi connectivity index (χ0) is 14.6. The predicted octanol–water partition coefficient (Wildman–Crippen LogP) is -1.34. The average molecular weight is 275 g/mol. The summed E-state index contributed by atoms with van der Waals surface area (Å²) in [6, 6.07) is -0.997. The van der Waals surface area contributed by atoms with Gasteiger partial charge in [0.1, 0.15) is 6.10 Å². The number of rotatable bonds is 5. The molecule has 0 radical (unpaired) electrons. The maximum atomic E-state index is 11.2. The molecule has 0 aromatic heterocycles. The van der Waals surface area contributed by atoms with Crippen LogP contribution in [0.2, 0.25) is 0 Å². The summed E-state index contributed by atoms with van der Waals surface area (Å²) in [4.78, 5) is 33.2. The van der Waals surface area contributed by atoms with Crippen molar-refractivity contribution in [1.82, 2.24) is 5.32 Å². The molecule has 1 amide bonds. The first kappa shape index (κ1) is 15.5. The molecular formula is C11H17NO7. The summed E-state index contributed by atoms with van der Waals surface area (Å²) >= 11 is 0. The maximum absolute atomic E-state index is 11.2. The fourth-order valence-electron chi connectivity index (χ4n) is 2.01. The Balaban J connectivity index is 2.98. The van der Waals surface area contributed by atoms with Crippen molar-refractivity contribution < 1.29 is 34.1 Å². The lowest BCUT2D eigenvalue weighted by molar-refractivity contribution is -0.286. The lowest BCUT2D eigenvalue weighted by atomic mass is 9.93. The third-order valence-corrected chi connectivity index (χ3v) is 2.78. The van der Waals surface area contributed by atoms with Gasteiger partial charge in [-0.2, -0.15) is 0 Å². The van der Waals surface area contributed by atoms with Gasteiger partial charge in [-0.1, -0.05) is 0 Å². The number of ether oxygens (including phenoxy) is 2. The number of carbonyl (C=O) groups is 3. The largest absolute Gasteiger partial charge is 0.477 e. The Morgan fingerprint density at radius 1 is 1.58 bits per heavy atom. The predicted molar refractivity (Wildman–Crippen MR) is 61.2 cm³/mol. The number of aliphatic carboxylic acids is 1. The van der Waals surface area contributed by atoms with Gasteiger partial charge in [0.25, 0.3) is 5.79 Å². The van der Waals surface area contributed by atoms with E-state index in [0.717, 1.165) is 0 Å². The molecule has 1 heterocycles. The third kappa shape index (κ3) is 3.28. The molecule has 8 heteroatoms. The molecule has 0 aliphatic carbocycles. The number of amides is 1. The van der Waals surface area contributed by atoms with Gasteiger partial charge in [-0.15, -0.1) is 0 Å². The average Bonchev–Trinajstić information content (AvgIpc) is 2.32. The Morgan fingerprint density at radius 3 is 2.63 bits per heavy atom. The minimum atomic E-state index is -2.07. The normalized spacial score (nSPS) is 34.6. The van der Waals surface area contributed by atoms with Gasteiger partial charge in [0.05, 0.1) is 12.1 Å². The van der Waals surface area contributed by atoms with Crippen LogP contribution in [0, 0.1) is 0 Å². The second-order valence-electron chi connectivity index (χ2n) is 4.21. The van der Waals surface area contributed by atoms with E-state index in [1.807, 2.05) is 0 Å². The Hall–Kier alpha value is -1.51. The van der Waals surface area contributed by atoms with Gasteiger partial charge in [-0.3, -0.25) is 4.79 Å². The summed E-state index contributed by atoms with van der Waals surface area (Å²) in [5, 5.41) is 21.4. The minimum Gasteiger partial charge on any atom is -0.477 e. The quantitative estimate of drug-likeness (QED) is 0.530. The Morgan fingerprint density at radius 2 is 2.21 bits per heavy atom. The molecule has 108 valence electrons. The lowest BCUT2D eigenvalue weighted by Gasteiger charge is -2.42. The number of hydrogen-bond acceptors (Lipinski definition) is 6. The topological polar surface area (TPSA) is 122 Å². The summed E-state index contributed by atoms with van der Waals surface area (Å²) in [6.07, 6.45) is -2.61. The molecule has 3 N–H and O–H groups in total. The number of carbonyl (C=O) groups excluding carboxylic acids is 2. The summed E-state index contributed by atoms with van der Waals surface area (Å²) in [5.74, 6) is -3.96. The summed E-state index contributed by atoms with van der Waals surface area (Å²) in [6.45, 7) is 2.82. The number of hydrogen-bond donors (Lipinski definition) is 3. The summed E-state index contributed by atoms with van der Waals surface area (Å²) in [5.41, 5.74) is 0. The SMILES string of the molecule is CCOC1(C(=O)O)CC(O)C(NC(C)=O)C(C=O)O1. The van der Waals surface area contributed by atoms with Crippen LogP contribution in [0.5, 0.6) is 0 Å². The molecule has 0 saturated carbocycles. The first-order valence-electron chi connectivity index (χ1n) is 5.82. The monoisotopic (exact) mass is 275 g/mol. The maximum Gasteiger partial charge on any atom is 0.364 e. The molecule has 0 aromatic rings. The van der Waals surface area contributed by atoms with E-state index in [1.54, 1.807) is 6.92 Å². The Kier molecular flexibility index (Phi) is 4.98. The van der Waals surface area contributed by atoms with Crippen LogP contribution in [0.1, 0.15) is 20.3 Å². The van der Waals surface area contributed by atoms with Crippen molar-refractivity contribution in [2.75, 3.05) is 6.61 Å². The van der Waals surface area contributed by atoms with E-state index in [9.17, 15) is 19.5 Å². The first-order chi connectivity index (χ1) is 8.86. The van der Waals surface area contributed by atoms with Crippen LogP contribution in [0.4, 0.5) is 0 Å². The van der Waals surface area contributed by atoms with Crippen molar-refractivity contribution in [2.24, 2.45) is 0 Å². The number of aliphatic hydroxyl groups is 1. The van der Waals surface area contributed by atoms with Gasteiger partial charge in [0.15, 0.2) is 6.29 Å². The number of aldehydes is 1. The number of carboxylic acids is 1. The van der Waals surface area contributed by atoms with Gasteiger partial charge in [0, 0.05) is 20.0 Å². The molecule has 0 aromatic carbocycles. The van der Waals surface area contributed by atoms with Gasteiger partial charge in [-0.05, 0) is 6.92 Å². The van der Waals surface area contributed by atoms with Gasteiger partial charge in [-0.25, -0.2) is 4.79 Å². The highest BCUT2D eigenvalue weighted by Crippen LogP contribution is 2.30. The number of nitrogens with one attached hydrogen (secondary N) is 1. The van der Waals surface area contributed by atoms with E-state index in [0.29, 0.717) is 6.29 Å². The van der Waals surface area contributed by atoms with Crippen molar-refractivity contribution in [1.29, 1.82) is 0 Å². The molecule has 4 unspecified atom stereocenters. The van der Waals surface area contributed by atoms with E-state index in [4.69, 9.17) is 14.6 Å². The molecule has 1 rings (SSSR count).